The Morgan fingerprint density at radius 3 is 1.76 bits per heavy atom. The molecule has 34 heavy (non-hydrogen) atoms. The fourth-order valence-electron chi connectivity index (χ4n) is 4.77. The quantitative estimate of drug-likeness (QED) is 0.373. The molecule has 0 aromatic heterocycles. The molecule has 4 nitrogen and oxygen atoms in total. The molecule has 1 aliphatic rings. The van der Waals surface area contributed by atoms with Gasteiger partial charge in [0.25, 0.3) is 0 Å². The van der Waals surface area contributed by atoms with E-state index in [2.05, 4.69) is 6.92 Å². The lowest BCUT2D eigenvalue weighted by atomic mass is 9.66. The van der Waals surface area contributed by atoms with Crippen molar-refractivity contribution in [1.82, 2.24) is 0 Å². The van der Waals surface area contributed by atoms with Gasteiger partial charge in [-0.05, 0) is 41.7 Å². The van der Waals surface area contributed by atoms with E-state index in [0.29, 0.717) is 17.0 Å². The van der Waals surface area contributed by atoms with Crippen molar-refractivity contribution in [3.63, 3.8) is 0 Å². The number of hydrogen-bond donors (Lipinski definition) is 2. The highest BCUT2D eigenvalue weighted by Gasteiger charge is 2.42. The number of aliphatic hydroxyl groups is 2. The minimum Gasteiger partial charge on any atom is -0.504 e. The molecular weight excluding hydrogens is 448 g/mol. The maximum Gasteiger partial charge on any atom is 0.232 e. The number of benzene rings is 3. The molecule has 5 heteroatoms. The Balaban J connectivity index is 1.85. The zero-order chi connectivity index (χ0) is 24.3. The van der Waals surface area contributed by atoms with E-state index in [4.69, 9.17) is 11.6 Å². The third-order valence-electron chi connectivity index (χ3n) is 6.39. The first-order valence-corrected chi connectivity index (χ1v) is 11.6. The van der Waals surface area contributed by atoms with E-state index in [9.17, 15) is 19.8 Å². The topological polar surface area (TPSA) is 74.6 Å². The van der Waals surface area contributed by atoms with Crippen LogP contribution in [0.5, 0.6) is 0 Å². The molecule has 0 saturated carbocycles. The summed E-state index contributed by atoms with van der Waals surface area (Å²) in [4.78, 5) is 26.6. The number of rotatable bonds is 7. The van der Waals surface area contributed by atoms with Gasteiger partial charge in [-0.25, -0.2) is 0 Å². The molecule has 0 amide bonds. The normalized spacial score (nSPS) is 14.6. The van der Waals surface area contributed by atoms with Crippen molar-refractivity contribution in [3.8, 4) is 0 Å². The molecular formula is C29H25ClO4. The summed E-state index contributed by atoms with van der Waals surface area (Å²) in [5, 5.41) is 22.2. The van der Waals surface area contributed by atoms with Crippen molar-refractivity contribution in [2.45, 2.75) is 31.6 Å². The number of allylic oxidation sites excluding steroid dienone is 2. The van der Waals surface area contributed by atoms with Crippen LogP contribution < -0.4 is 0 Å². The lowest BCUT2D eigenvalue weighted by molar-refractivity contribution is -0.118. The first kappa shape index (κ1) is 23.5. The maximum absolute atomic E-state index is 13.4. The number of hydrogen-bond acceptors (Lipinski definition) is 4. The van der Waals surface area contributed by atoms with Crippen molar-refractivity contribution in [2.75, 3.05) is 0 Å². The lowest BCUT2D eigenvalue weighted by Gasteiger charge is -2.36. The number of carbonyl (C=O) groups is 2. The lowest BCUT2D eigenvalue weighted by Crippen LogP contribution is -2.33. The Labute approximate surface area is 203 Å². The average molecular weight is 473 g/mol. The van der Waals surface area contributed by atoms with Gasteiger partial charge in [0.15, 0.2) is 11.5 Å². The summed E-state index contributed by atoms with van der Waals surface area (Å²) in [6, 6.07) is 25.7. The Hall–Kier alpha value is -3.63. The second kappa shape index (κ2) is 9.70. The second-order valence-electron chi connectivity index (χ2n) is 8.46. The van der Waals surface area contributed by atoms with Crippen LogP contribution in [0.4, 0.5) is 0 Å². The highest BCUT2D eigenvalue weighted by atomic mass is 35.5. The first-order valence-electron chi connectivity index (χ1n) is 11.2. The smallest absolute Gasteiger partial charge is 0.232 e. The molecule has 0 unspecified atom stereocenters. The summed E-state index contributed by atoms with van der Waals surface area (Å²) < 4.78 is 0. The van der Waals surface area contributed by atoms with Gasteiger partial charge in [0.1, 0.15) is 0 Å². The molecule has 0 saturated heterocycles. The summed E-state index contributed by atoms with van der Waals surface area (Å²) in [6.07, 6.45) is 1.55. The molecule has 3 aromatic rings. The van der Waals surface area contributed by atoms with E-state index in [1.165, 1.54) is 12.1 Å². The third kappa shape index (κ3) is 4.17. The number of ketones is 2. The average Bonchev–Trinajstić information content (AvgIpc) is 2.87. The van der Waals surface area contributed by atoms with Crippen LogP contribution in [0, 0.1) is 0 Å². The number of carbonyl (C=O) groups excluding carboxylic acids is 2. The van der Waals surface area contributed by atoms with Gasteiger partial charge in [0, 0.05) is 10.4 Å². The van der Waals surface area contributed by atoms with Gasteiger partial charge in [0.05, 0.1) is 11.1 Å². The van der Waals surface area contributed by atoms with Crippen molar-refractivity contribution < 1.29 is 19.8 Å². The first-order chi connectivity index (χ1) is 16.4. The molecule has 4 rings (SSSR count). The van der Waals surface area contributed by atoms with Crippen LogP contribution in [0.1, 0.15) is 42.9 Å². The fourth-order valence-corrected chi connectivity index (χ4v) is 4.89. The fraction of sp³-hybridized carbons (Fsp3) is 0.172. The number of aliphatic hydroxyl groups excluding tert-OH is 2. The molecule has 0 radical (unpaired) electrons. The molecule has 172 valence electrons. The molecule has 0 fully saturated rings. The van der Waals surface area contributed by atoms with Gasteiger partial charge in [-0.15, -0.1) is 0 Å². The van der Waals surface area contributed by atoms with Crippen LogP contribution in [0.15, 0.2) is 102 Å². The second-order valence-corrected chi connectivity index (χ2v) is 8.89. The zero-order valence-corrected chi connectivity index (χ0v) is 19.5. The van der Waals surface area contributed by atoms with E-state index in [1.54, 1.807) is 12.1 Å². The van der Waals surface area contributed by atoms with Crippen LogP contribution in [0.2, 0.25) is 5.02 Å². The van der Waals surface area contributed by atoms with Crippen LogP contribution in [0.3, 0.4) is 0 Å². The summed E-state index contributed by atoms with van der Waals surface area (Å²) in [7, 11) is 0. The highest BCUT2D eigenvalue weighted by Crippen LogP contribution is 2.44. The van der Waals surface area contributed by atoms with E-state index >= 15 is 0 Å². The van der Waals surface area contributed by atoms with Gasteiger partial charge >= 0.3 is 0 Å². The molecule has 0 heterocycles. The molecule has 0 aliphatic heterocycles. The zero-order valence-electron chi connectivity index (χ0n) is 18.8. The summed E-state index contributed by atoms with van der Waals surface area (Å²) in [6.45, 7) is 2.05. The van der Waals surface area contributed by atoms with Crippen LogP contribution in [-0.2, 0) is 15.0 Å². The standard InChI is InChI=1S/C29H25ClO4/c1-2-17-29(20-9-5-3-6-10-20,21-11-7-4-8-12-21)18-23-25(31)27(33)24(28(34)26(23)32)19-13-15-22(30)16-14-19/h3-16,31,34H,2,17-18H2,1H3. The molecule has 0 spiro atoms. The van der Waals surface area contributed by atoms with Crippen molar-refractivity contribution >= 4 is 28.7 Å². The van der Waals surface area contributed by atoms with E-state index in [1.807, 2.05) is 60.7 Å². The van der Waals surface area contributed by atoms with E-state index in [-0.39, 0.29) is 17.6 Å². The monoisotopic (exact) mass is 472 g/mol. The number of Topliss-reactive ketones (excluding diaryl/α,β-unsaturated/α-hetero) is 2. The van der Waals surface area contributed by atoms with Crippen molar-refractivity contribution in [3.05, 3.63) is 124 Å². The molecule has 1 aliphatic carbocycles. The molecule has 2 N–H and O–H groups in total. The summed E-state index contributed by atoms with van der Waals surface area (Å²) >= 11 is 5.93. The van der Waals surface area contributed by atoms with Gasteiger partial charge in [0.2, 0.25) is 11.6 Å². The summed E-state index contributed by atoms with van der Waals surface area (Å²) in [5.41, 5.74) is 1.28. The predicted octanol–water partition coefficient (Wildman–Crippen LogP) is 6.75. The molecule has 3 aromatic carbocycles. The Bertz CT molecular complexity index is 1230. The van der Waals surface area contributed by atoms with Crippen LogP contribution >= 0.6 is 11.6 Å². The van der Waals surface area contributed by atoms with Gasteiger partial charge in [-0.3, -0.25) is 9.59 Å². The van der Waals surface area contributed by atoms with Crippen LogP contribution in [-0.4, -0.2) is 21.8 Å². The van der Waals surface area contributed by atoms with Gasteiger partial charge < -0.3 is 10.2 Å². The van der Waals surface area contributed by atoms with Gasteiger partial charge in [-0.2, -0.15) is 0 Å². The minimum atomic E-state index is -0.777. The van der Waals surface area contributed by atoms with Gasteiger partial charge in [-0.1, -0.05) is 97.7 Å². The SMILES string of the molecule is CCCC(CC1=C(O)C(=O)C(c2ccc(Cl)cc2)=C(O)C1=O)(c1ccccc1)c1ccccc1. The maximum atomic E-state index is 13.4. The summed E-state index contributed by atoms with van der Waals surface area (Å²) in [5.74, 6) is -2.80. The molecule has 0 atom stereocenters. The Morgan fingerprint density at radius 2 is 1.26 bits per heavy atom. The minimum absolute atomic E-state index is 0.0726. The van der Waals surface area contributed by atoms with Crippen molar-refractivity contribution in [2.24, 2.45) is 0 Å². The highest BCUT2D eigenvalue weighted by molar-refractivity contribution is 6.38. The molecule has 0 bridgehead atoms. The largest absolute Gasteiger partial charge is 0.504 e. The van der Waals surface area contributed by atoms with Crippen molar-refractivity contribution in [1.29, 1.82) is 0 Å². The third-order valence-corrected chi connectivity index (χ3v) is 6.65. The number of halogens is 1. The Kier molecular flexibility index (Phi) is 6.71. The predicted molar refractivity (Wildman–Crippen MR) is 134 cm³/mol. The van der Waals surface area contributed by atoms with E-state index in [0.717, 1.165) is 17.5 Å². The van der Waals surface area contributed by atoms with E-state index < -0.39 is 28.5 Å². The van der Waals surface area contributed by atoms with Crippen LogP contribution in [0.25, 0.3) is 5.57 Å². The Morgan fingerprint density at radius 1 is 0.735 bits per heavy atom.